The first-order valence-electron chi connectivity index (χ1n) is 9.35. The highest BCUT2D eigenvalue weighted by molar-refractivity contribution is 6.10. The number of imidazole rings is 1. The van der Waals surface area contributed by atoms with Gasteiger partial charge in [-0.2, -0.15) is 0 Å². The van der Waals surface area contributed by atoms with Crippen molar-refractivity contribution in [2.24, 2.45) is 5.41 Å². The van der Waals surface area contributed by atoms with Crippen molar-refractivity contribution in [3.63, 3.8) is 0 Å². The molecule has 0 unspecified atom stereocenters. The van der Waals surface area contributed by atoms with Crippen LogP contribution in [0.15, 0.2) is 52.7 Å². The molecule has 27 heavy (non-hydrogen) atoms. The van der Waals surface area contributed by atoms with Crippen molar-refractivity contribution in [2.45, 2.75) is 52.1 Å². The highest BCUT2D eigenvalue weighted by Gasteiger charge is 2.64. The Labute approximate surface area is 158 Å². The van der Waals surface area contributed by atoms with Gasteiger partial charge in [0.05, 0.1) is 6.61 Å². The van der Waals surface area contributed by atoms with Crippen LogP contribution in [0.3, 0.4) is 0 Å². The summed E-state index contributed by atoms with van der Waals surface area (Å²) < 4.78 is 6.57. The number of rotatable bonds is 4. The summed E-state index contributed by atoms with van der Waals surface area (Å²) in [6, 6.07) is 0. The van der Waals surface area contributed by atoms with Gasteiger partial charge < -0.3 is 9.84 Å². The molecule has 4 rings (SSSR count). The standard InChI is InChI=1S/C21H24N2O4/c1-13-11-16-17(14(2)21(6-7-21)20(3,26)18(16)24)15(13)5-4-10-27-19(25)23-9-8-22-12-23/h8-9,11-12,26H,4-7,10H2,1-3H3/t20-/m0/s1. The normalized spacial score (nSPS) is 25.8. The van der Waals surface area contributed by atoms with E-state index in [0.717, 1.165) is 41.6 Å². The fraction of sp³-hybridized carbons (Fsp3) is 0.476. The number of hydrogen-bond acceptors (Lipinski definition) is 5. The zero-order valence-corrected chi connectivity index (χ0v) is 15.9. The second-order valence-corrected chi connectivity index (χ2v) is 7.89. The molecule has 1 heterocycles. The summed E-state index contributed by atoms with van der Waals surface area (Å²) in [5.74, 6) is -0.165. The number of nitrogens with zero attached hydrogens (tertiary/aromatic N) is 2. The van der Waals surface area contributed by atoms with Crippen LogP contribution in [0.2, 0.25) is 0 Å². The van der Waals surface area contributed by atoms with Crippen LogP contribution in [-0.4, -0.2) is 38.7 Å². The van der Waals surface area contributed by atoms with E-state index in [9.17, 15) is 14.7 Å². The molecule has 1 atom stereocenters. The number of hydrogen-bond donors (Lipinski definition) is 1. The Morgan fingerprint density at radius 1 is 1.37 bits per heavy atom. The Balaban J connectivity index is 1.48. The van der Waals surface area contributed by atoms with Gasteiger partial charge in [0.15, 0.2) is 5.78 Å². The van der Waals surface area contributed by atoms with Gasteiger partial charge in [-0.05, 0) is 69.2 Å². The molecule has 1 spiro atoms. The van der Waals surface area contributed by atoms with Crippen LogP contribution < -0.4 is 0 Å². The maximum atomic E-state index is 12.9. The molecule has 0 saturated heterocycles. The van der Waals surface area contributed by atoms with Gasteiger partial charge in [0.25, 0.3) is 0 Å². The third-order valence-electron chi connectivity index (χ3n) is 6.38. The third-order valence-corrected chi connectivity index (χ3v) is 6.38. The lowest BCUT2D eigenvalue weighted by molar-refractivity contribution is -0.137. The molecule has 3 aliphatic rings. The zero-order valence-electron chi connectivity index (χ0n) is 15.9. The molecule has 0 amide bonds. The number of aromatic nitrogens is 2. The van der Waals surface area contributed by atoms with Crippen molar-refractivity contribution in [1.29, 1.82) is 0 Å². The van der Waals surface area contributed by atoms with Crippen LogP contribution in [0.4, 0.5) is 4.79 Å². The number of ether oxygens (including phenoxy) is 1. The SMILES string of the molecule is CC1=C(CCCOC(=O)n2ccnc2)C2=C(C)C3(CC3)[C@@](C)(O)C(=O)C2=C1. The van der Waals surface area contributed by atoms with Crippen molar-refractivity contribution >= 4 is 11.9 Å². The largest absolute Gasteiger partial charge is 0.449 e. The van der Waals surface area contributed by atoms with Crippen molar-refractivity contribution in [3.05, 3.63) is 52.7 Å². The van der Waals surface area contributed by atoms with E-state index in [-0.39, 0.29) is 5.78 Å². The maximum Gasteiger partial charge on any atom is 0.419 e. The lowest BCUT2D eigenvalue weighted by atomic mass is 9.67. The Kier molecular flexibility index (Phi) is 4.00. The highest BCUT2D eigenvalue weighted by atomic mass is 16.5. The summed E-state index contributed by atoms with van der Waals surface area (Å²) in [4.78, 5) is 28.6. The van der Waals surface area contributed by atoms with E-state index in [0.29, 0.717) is 18.6 Å². The van der Waals surface area contributed by atoms with Gasteiger partial charge in [0.1, 0.15) is 11.9 Å². The maximum absolute atomic E-state index is 12.9. The van der Waals surface area contributed by atoms with Crippen LogP contribution in [0.5, 0.6) is 0 Å². The van der Waals surface area contributed by atoms with Gasteiger partial charge in [-0.3, -0.25) is 4.79 Å². The minimum atomic E-state index is -1.32. The summed E-state index contributed by atoms with van der Waals surface area (Å²) in [7, 11) is 0. The molecule has 1 aromatic heterocycles. The first-order valence-corrected chi connectivity index (χ1v) is 9.35. The highest BCUT2D eigenvalue weighted by Crippen LogP contribution is 2.65. The second-order valence-electron chi connectivity index (χ2n) is 7.89. The predicted molar refractivity (Wildman–Crippen MR) is 99.0 cm³/mol. The van der Waals surface area contributed by atoms with Crippen LogP contribution >= 0.6 is 0 Å². The number of allylic oxidation sites excluding steroid dienone is 4. The van der Waals surface area contributed by atoms with Crippen LogP contribution in [0.25, 0.3) is 0 Å². The fourth-order valence-corrected chi connectivity index (χ4v) is 4.59. The summed E-state index contributed by atoms with van der Waals surface area (Å²) >= 11 is 0. The van der Waals surface area contributed by atoms with Crippen LogP contribution in [0, 0.1) is 5.41 Å². The minimum absolute atomic E-state index is 0.165. The smallest absolute Gasteiger partial charge is 0.419 e. The quantitative estimate of drug-likeness (QED) is 0.825. The summed E-state index contributed by atoms with van der Waals surface area (Å²) in [6.07, 6.45) is 9.03. The number of Topliss-reactive ketones (excluding diaryl/α,β-unsaturated/α-hetero) is 1. The molecule has 6 nitrogen and oxygen atoms in total. The van der Waals surface area contributed by atoms with E-state index in [4.69, 9.17) is 4.74 Å². The molecule has 1 N–H and O–H groups in total. The number of carbonyl (C=O) groups excluding carboxylic acids is 2. The number of ketones is 1. The van der Waals surface area contributed by atoms with Crippen LogP contribution in [0.1, 0.15) is 46.5 Å². The predicted octanol–water partition coefficient (Wildman–Crippen LogP) is 3.33. The Morgan fingerprint density at radius 3 is 2.74 bits per heavy atom. The first kappa shape index (κ1) is 17.9. The molecule has 0 aromatic carbocycles. The molecule has 1 saturated carbocycles. The molecular weight excluding hydrogens is 344 g/mol. The topological polar surface area (TPSA) is 81.4 Å². The number of aliphatic hydroxyl groups is 1. The molecule has 142 valence electrons. The average Bonchev–Trinajstić information content (AvgIpc) is 3.14. The first-order chi connectivity index (χ1) is 12.8. The monoisotopic (exact) mass is 368 g/mol. The van der Waals surface area contributed by atoms with E-state index >= 15 is 0 Å². The van der Waals surface area contributed by atoms with Gasteiger partial charge in [0, 0.05) is 23.4 Å². The average molecular weight is 368 g/mol. The van der Waals surface area contributed by atoms with E-state index in [1.165, 1.54) is 17.1 Å². The minimum Gasteiger partial charge on any atom is -0.449 e. The molecule has 1 aromatic rings. The second kappa shape index (κ2) is 6.02. The van der Waals surface area contributed by atoms with Crippen molar-refractivity contribution < 1.29 is 19.4 Å². The molecule has 1 fully saturated rings. The molecule has 6 heteroatoms. The Hall–Kier alpha value is -2.47. The van der Waals surface area contributed by atoms with E-state index in [1.54, 1.807) is 13.1 Å². The molecule has 0 radical (unpaired) electrons. The van der Waals surface area contributed by atoms with Gasteiger partial charge in [-0.15, -0.1) is 0 Å². The molecule has 0 aliphatic heterocycles. The summed E-state index contributed by atoms with van der Waals surface area (Å²) in [5.41, 5.74) is 3.25. The lowest BCUT2D eigenvalue weighted by Crippen LogP contribution is -2.49. The van der Waals surface area contributed by atoms with E-state index in [1.807, 2.05) is 13.0 Å². The summed E-state index contributed by atoms with van der Waals surface area (Å²) in [6.45, 7) is 6.01. The van der Waals surface area contributed by atoms with Crippen molar-refractivity contribution in [3.8, 4) is 0 Å². The Bertz CT molecular complexity index is 912. The Morgan fingerprint density at radius 2 is 2.11 bits per heavy atom. The van der Waals surface area contributed by atoms with E-state index < -0.39 is 17.1 Å². The molecular formula is C21H24N2O4. The van der Waals surface area contributed by atoms with Gasteiger partial charge in [0.2, 0.25) is 0 Å². The molecule has 0 bridgehead atoms. The van der Waals surface area contributed by atoms with Crippen molar-refractivity contribution in [1.82, 2.24) is 9.55 Å². The third kappa shape index (κ3) is 2.54. The van der Waals surface area contributed by atoms with Crippen LogP contribution in [-0.2, 0) is 9.53 Å². The lowest BCUT2D eigenvalue weighted by Gasteiger charge is -2.39. The van der Waals surface area contributed by atoms with E-state index in [2.05, 4.69) is 11.9 Å². The van der Waals surface area contributed by atoms with Gasteiger partial charge in [-0.1, -0.05) is 5.57 Å². The van der Waals surface area contributed by atoms with Gasteiger partial charge >= 0.3 is 6.09 Å². The zero-order chi connectivity index (χ0) is 19.4. The van der Waals surface area contributed by atoms with Gasteiger partial charge in [-0.25, -0.2) is 14.3 Å². The number of fused-ring (bicyclic) bond motifs is 1. The number of carbonyl (C=O) groups is 2. The summed E-state index contributed by atoms with van der Waals surface area (Å²) in [5, 5.41) is 10.9. The van der Waals surface area contributed by atoms with Crippen molar-refractivity contribution in [2.75, 3.05) is 6.61 Å². The molecule has 3 aliphatic carbocycles. The fourth-order valence-electron chi connectivity index (χ4n) is 4.59.